The average molecular weight is 468 g/mol. The van der Waals surface area contributed by atoms with Crippen LogP contribution in [0.4, 0.5) is 5.69 Å². The number of anilines is 1. The van der Waals surface area contributed by atoms with Gasteiger partial charge in [-0.15, -0.1) is 10.2 Å². The molecule has 1 aliphatic rings. The van der Waals surface area contributed by atoms with Crippen LogP contribution in [-0.2, 0) is 10.3 Å². The fourth-order valence-corrected chi connectivity index (χ4v) is 8.25. The van der Waals surface area contributed by atoms with E-state index in [1.165, 1.54) is 23.1 Å². The molecule has 0 N–H and O–H groups in total. The van der Waals surface area contributed by atoms with E-state index in [0.717, 1.165) is 40.6 Å². The first-order chi connectivity index (χ1) is 13.3. The number of thioether (sulfide) groups is 1. The fraction of sp³-hybridized carbons (Fsp3) is 0.333. The van der Waals surface area contributed by atoms with E-state index in [1.54, 1.807) is 27.8 Å². The molecule has 0 fully saturated rings. The van der Waals surface area contributed by atoms with Gasteiger partial charge < -0.3 is 9.64 Å². The van der Waals surface area contributed by atoms with E-state index in [0.29, 0.717) is 5.75 Å². The molecule has 0 bridgehead atoms. The van der Waals surface area contributed by atoms with Gasteiger partial charge in [0.25, 0.3) is 0 Å². The fourth-order valence-electron chi connectivity index (χ4n) is 3.31. The summed E-state index contributed by atoms with van der Waals surface area (Å²) in [5, 5.41) is 9.03. The SMILES string of the molecule is COc1ccc2c(c1)-c1c(ssc1=S)C(C)(C)N2C(=O)CSc1nnc(C)s1. The van der Waals surface area contributed by atoms with Crippen LogP contribution in [0.3, 0.4) is 0 Å². The van der Waals surface area contributed by atoms with Crippen LogP contribution in [0.1, 0.15) is 23.7 Å². The molecule has 1 aromatic carbocycles. The number of hydrogen-bond donors (Lipinski definition) is 0. The van der Waals surface area contributed by atoms with E-state index >= 15 is 0 Å². The molecule has 5 nitrogen and oxygen atoms in total. The summed E-state index contributed by atoms with van der Waals surface area (Å²) in [4.78, 5) is 16.4. The van der Waals surface area contributed by atoms with Gasteiger partial charge in [0.1, 0.15) is 14.6 Å². The van der Waals surface area contributed by atoms with Crippen molar-refractivity contribution in [1.82, 2.24) is 10.2 Å². The lowest BCUT2D eigenvalue weighted by molar-refractivity contribution is -0.117. The number of fused-ring (bicyclic) bond motifs is 3. The first kappa shape index (κ1) is 20.0. The molecule has 0 unspecified atom stereocenters. The number of carbonyl (C=O) groups excluding carboxylic acids is 1. The van der Waals surface area contributed by atoms with Gasteiger partial charge in [-0.05, 0) is 39.0 Å². The summed E-state index contributed by atoms with van der Waals surface area (Å²) < 4.78 is 7.08. The van der Waals surface area contributed by atoms with Gasteiger partial charge in [0.15, 0.2) is 4.34 Å². The zero-order chi connectivity index (χ0) is 20.1. The number of nitrogens with zero attached hydrogens (tertiary/aromatic N) is 3. The normalized spacial score (nSPS) is 14.5. The second-order valence-electron chi connectivity index (χ2n) is 6.71. The molecule has 1 amide bonds. The monoisotopic (exact) mass is 467 g/mol. The average Bonchev–Trinajstić information content (AvgIpc) is 3.26. The molecule has 10 heteroatoms. The van der Waals surface area contributed by atoms with Crippen LogP contribution >= 0.6 is 56.0 Å². The van der Waals surface area contributed by atoms with Crippen LogP contribution in [0, 0.1) is 10.7 Å². The summed E-state index contributed by atoms with van der Waals surface area (Å²) in [6.07, 6.45) is 0. The van der Waals surface area contributed by atoms with Gasteiger partial charge in [0, 0.05) is 11.1 Å². The highest BCUT2D eigenvalue weighted by Crippen LogP contribution is 2.53. The van der Waals surface area contributed by atoms with Crippen LogP contribution in [0.5, 0.6) is 5.75 Å². The van der Waals surface area contributed by atoms with Crippen molar-refractivity contribution in [3.8, 4) is 16.9 Å². The Bertz CT molecular complexity index is 1110. The Hall–Kier alpha value is -1.33. The van der Waals surface area contributed by atoms with E-state index in [-0.39, 0.29) is 5.91 Å². The molecule has 0 atom stereocenters. The summed E-state index contributed by atoms with van der Waals surface area (Å²) >= 11 is 8.55. The quantitative estimate of drug-likeness (QED) is 0.277. The largest absolute Gasteiger partial charge is 0.497 e. The Morgan fingerprint density at radius 3 is 2.79 bits per heavy atom. The number of aromatic nitrogens is 2. The summed E-state index contributed by atoms with van der Waals surface area (Å²) in [5.74, 6) is 1.08. The van der Waals surface area contributed by atoms with Crippen molar-refractivity contribution in [1.29, 1.82) is 0 Å². The van der Waals surface area contributed by atoms with Crippen molar-refractivity contribution < 1.29 is 9.53 Å². The molecule has 0 saturated carbocycles. The number of amides is 1. The Balaban J connectivity index is 1.77. The summed E-state index contributed by atoms with van der Waals surface area (Å²) in [6.45, 7) is 6.07. The maximum atomic E-state index is 13.3. The summed E-state index contributed by atoms with van der Waals surface area (Å²) in [5.41, 5.74) is 2.40. The first-order valence-corrected chi connectivity index (χ1v) is 12.8. The number of rotatable bonds is 4. The van der Waals surface area contributed by atoms with Crippen molar-refractivity contribution in [3.63, 3.8) is 0 Å². The van der Waals surface area contributed by atoms with Crippen LogP contribution in [0.25, 0.3) is 11.1 Å². The molecule has 2 aromatic heterocycles. The topological polar surface area (TPSA) is 55.3 Å². The molecule has 0 aliphatic carbocycles. The minimum atomic E-state index is -0.482. The molecular weight excluding hydrogens is 451 g/mol. The minimum Gasteiger partial charge on any atom is -0.497 e. The van der Waals surface area contributed by atoms with Crippen LogP contribution in [0.15, 0.2) is 22.5 Å². The predicted molar refractivity (Wildman–Crippen MR) is 121 cm³/mol. The second-order valence-corrected chi connectivity index (χ2v) is 11.9. The van der Waals surface area contributed by atoms with E-state index in [4.69, 9.17) is 17.0 Å². The molecule has 3 aromatic rings. The lowest BCUT2D eigenvalue weighted by atomic mass is 9.87. The lowest BCUT2D eigenvalue weighted by Crippen LogP contribution is -2.48. The number of methoxy groups -OCH3 is 1. The van der Waals surface area contributed by atoms with E-state index < -0.39 is 5.54 Å². The Morgan fingerprint density at radius 2 is 2.11 bits per heavy atom. The van der Waals surface area contributed by atoms with Crippen molar-refractivity contribution >= 4 is 67.6 Å². The minimum absolute atomic E-state index is 0.0317. The standard InChI is InChI=1S/C18H17N3O2S5/c1-9-19-20-17(26-9)25-8-13(22)21-12-6-5-10(23-4)7-11(12)14-15(18(21,2)3)27-28-16(14)24/h5-7H,8H2,1-4H3. The van der Waals surface area contributed by atoms with E-state index in [9.17, 15) is 4.79 Å². The molecule has 1 aliphatic heterocycles. The molecule has 4 rings (SSSR count). The third kappa shape index (κ3) is 3.30. The molecule has 3 heterocycles. The molecule has 0 spiro atoms. The number of benzene rings is 1. The van der Waals surface area contributed by atoms with Crippen molar-refractivity contribution in [2.24, 2.45) is 0 Å². The van der Waals surface area contributed by atoms with Gasteiger partial charge in [0.05, 0.1) is 29.0 Å². The molecular formula is C18H17N3O2S5. The van der Waals surface area contributed by atoms with E-state index in [2.05, 4.69) is 24.0 Å². The summed E-state index contributed by atoms with van der Waals surface area (Å²) in [7, 11) is 4.88. The van der Waals surface area contributed by atoms with Gasteiger partial charge in [-0.1, -0.05) is 56.0 Å². The maximum Gasteiger partial charge on any atom is 0.238 e. The number of ether oxygens (including phenoxy) is 1. The highest BCUT2D eigenvalue weighted by molar-refractivity contribution is 8.01. The van der Waals surface area contributed by atoms with Crippen molar-refractivity contribution in [2.45, 2.75) is 30.6 Å². The molecule has 28 heavy (non-hydrogen) atoms. The second kappa shape index (κ2) is 7.49. The zero-order valence-corrected chi connectivity index (χ0v) is 19.7. The third-order valence-corrected chi connectivity index (χ3v) is 9.82. The van der Waals surface area contributed by atoms with Gasteiger partial charge >= 0.3 is 0 Å². The molecule has 0 saturated heterocycles. The lowest BCUT2D eigenvalue weighted by Gasteiger charge is -2.43. The number of carbonyl (C=O) groups is 1. The van der Waals surface area contributed by atoms with Crippen LogP contribution in [0.2, 0.25) is 0 Å². The Labute approximate surface area is 183 Å². The van der Waals surface area contributed by atoms with E-state index in [1.807, 2.05) is 30.0 Å². The Morgan fingerprint density at radius 1 is 1.32 bits per heavy atom. The third-order valence-electron chi connectivity index (χ3n) is 4.54. The molecule has 146 valence electrons. The summed E-state index contributed by atoms with van der Waals surface area (Å²) in [6, 6.07) is 5.81. The van der Waals surface area contributed by atoms with Gasteiger partial charge in [-0.2, -0.15) is 0 Å². The number of hydrogen-bond acceptors (Lipinski definition) is 9. The highest BCUT2D eigenvalue weighted by atomic mass is 32.9. The maximum absolute atomic E-state index is 13.3. The van der Waals surface area contributed by atoms with Gasteiger partial charge in [-0.3, -0.25) is 4.79 Å². The zero-order valence-electron chi connectivity index (χ0n) is 15.6. The Kier molecular flexibility index (Phi) is 5.34. The van der Waals surface area contributed by atoms with Crippen molar-refractivity contribution in [2.75, 3.05) is 17.8 Å². The van der Waals surface area contributed by atoms with Crippen LogP contribution < -0.4 is 9.64 Å². The molecule has 0 radical (unpaired) electrons. The number of aryl methyl sites for hydroxylation is 1. The van der Waals surface area contributed by atoms with Gasteiger partial charge in [0.2, 0.25) is 5.91 Å². The predicted octanol–water partition coefficient (Wildman–Crippen LogP) is 5.75. The van der Waals surface area contributed by atoms with Crippen LogP contribution in [-0.4, -0.2) is 29.0 Å². The highest BCUT2D eigenvalue weighted by Gasteiger charge is 2.43. The smallest absolute Gasteiger partial charge is 0.238 e. The first-order valence-electron chi connectivity index (χ1n) is 8.41. The van der Waals surface area contributed by atoms with Crippen molar-refractivity contribution in [3.05, 3.63) is 31.9 Å². The van der Waals surface area contributed by atoms with Gasteiger partial charge in [-0.25, -0.2) is 0 Å².